The maximum Gasteiger partial charge on any atom is 0.268 e. The molecule has 0 unspecified atom stereocenters. The van der Waals surface area contributed by atoms with Crippen molar-refractivity contribution in [2.75, 3.05) is 0 Å². The summed E-state index contributed by atoms with van der Waals surface area (Å²) in [6.07, 6.45) is -0.171. The SMILES string of the molecule is Cc1ccc(-c2nc(-c3nnn4c3CO[C@@H](c3ccccc3Cl)C4)no2)s1. The number of hydrogen-bond donors (Lipinski definition) is 0. The van der Waals surface area contributed by atoms with Crippen LogP contribution < -0.4 is 0 Å². The lowest BCUT2D eigenvalue weighted by atomic mass is 10.1. The van der Waals surface area contributed by atoms with E-state index in [4.69, 9.17) is 20.9 Å². The number of ether oxygens (including phenoxy) is 1. The van der Waals surface area contributed by atoms with Gasteiger partial charge in [-0.1, -0.05) is 40.2 Å². The lowest BCUT2D eigenvalue weighted by Crippen LogP contribution is -2.22. The van der Waals surface area contributed by atoms with Crippen LogP contribution in [0.1, 0.15) is 22.2 Å². The van der Waals surface area contributed by atoms with Gasteiger partial charge in [0.2, 0.25) is 5.82 Å². The Hall–Kier alpha value is -2.55. The summed E-state index contributed by atoms with van der Waals surface area (Å²) in [4.78, 5) is 6.59. The second-order valence-electron chi connectivity index (χ2n) is 6.22. The number of aromatic nitrogens is 5. The van der Waals surface area contributed by atoms with E-state index in [-0.39, 0.29) is 6.10 Å². The smallest absolute Gasteiger partial charge is 0.268 e. The van der Waals surface area contributed by atoms with Crippen LogP contribution in [-0.2, 0) is 17.9 Å². The molecule has 1 atom stereocenters. The molecule has 0 fully saturated rings. The number of thiophene rings is 1. The van der Waals surface area contributed by atoms with Crippen molar-refractivity contribution >= 4 is 22.9 Å². The highest BCUT2D eigenvalue weighted by atomic mass is 35.5. The van der Waals surface area contributed by atoms with Crippen molar-refractivity contribution in [3.63, 3.8) is 0 Å². The Balaban J connectivity index is 1.43. The summed E-state index contributed by atoms with van der Waals surface area (Å²) >= 11 is 7.90. The van der Waals surface area contributed by atoms with E-state index in [1.807, 2.05) is 48.0 Å². The number of aryl methyl sites for hydroxylation is 1. The monoisotopic (exact) mass is 399 g/mol. The highest BCUT2D eigenvalue weighted by molar-refractivity contribution is 7.15. The Labute approximate surface area is 163 Å². The van der Waals surface area contributed by atoms with Crippen LogP contribution in [-0.4, -0.2) is 25.1 Å². The fourth-order valence-corrected chi connectivity index (χ4v) is 4.13. The Morgan fingerprint density at radius 1 is 1.22 bits per heavy atom. The first kappa shape index (κ1) is 16.6. The van der Waals surface area contributed by atoms with Gasteiger partial charge in [-0.25, -0.2) is 4.68 Å². The second kappa shape index (κ2) is 6.56. The summed E-state index contributed by atoms with van der Waals surface area (Å²) < 4.78 is 13.2. The fraction of sp³-hybridized carbons (Fsp3) is 0.222. The molecular weight excluding hydrogens is 386 g/mol. The minimum atomic E-state index is -0.171. The highest BCUT2D eigenvalue weighted by Gasteiger charge is 2.28. The van der Waals surface area contributed by atoms with Gasteiger partial charge in [-0.05, 0) is 25.1 Å². The van der Waals surface area contributed by atoms with Crippen LogP contribution in [0.5, 0.6) is 0 Å². The average Bonchev–Trinajstić information content (AvgIpc) is 3.40. The molecule has 4 heterocycles. The topological polar surface area (TPSA) is 78.9 Å². The third-order valence-electron chi connectivity index (χ3n) is 4.44. The van der Waals surface area contributed by atoms with Crippen LogP contribution in [0, 0.1) is 6.92 Å². The van der Waals surface area contributed by atoms with Crippen molar-refractivity contribution in [2.24, 2.45) is 0 Å². The lowest BCUT2D eigenvalue weighted by Gasteiger charge is -2.24. The molecule has 4 aromatic rings. The molecule has 0 spiro atoms. The van der Waals surface area contributed by atoms with E-state index >= 15 is 0 Å². The summed E-state index contributed by atoms with van der Waals surface area (Å²) in [6, 6.07) is 11.7. The van der Waals surface area contributed by atoms with Gasteiger partial charge in [0.25, 0.3) is 5.89 Å². The molecule has 0 saturated carbocycles. The molecule has 136 valence electrons. The Morgan fingerprint density at radius 2 is 2.11 bits per heavy atom. The van der Waals surface area contributed by atoms with Crippen molar-refractivity contribution in [2.45, 2.75) is 26.2 Å². The Bertz CT molecular complexity index is 1120. The molecule has 0 saturated heterocycles. The molecule has 1 aliphatic heterocycles. The predicted molar refractivity (Wildman–Crippen MR) is 100 cm³/mol. The molecule has 9 heteroatoms. The Morgan fingerprint density at radius 3 is 2.93 bits per heavy atom. The lowest BCUT2D eigenvalue weighted by molar-refractivity contribution is -0.00106. The molecule has 5 rings (SSSR count). The maximum atomic E-state index is 6.29. The molecule has 0 aliphatic carbocycles. The minimum absolute atomic E-state index is 0.171. The van der Waals surface area contributed by atoms with E-state index in [1.165, 1.54) is 4.88 Å². The van der Waals surface area contributed by atoms with Crippen molar-refractivity contribution in [3.05, 3.63) is 57.6 Å². The predicted octanol–water partition coefficient (Wildman–Crippen LogP) is 4.29. The molecule has 0 radical (unpaired) electrons. The van der Waals surface area contributed by atoms with Gasteiger partial charge >= 0.3 is 0 Å². The molecule has 27 heavy (non-hydrogen) atoms. The number of fused-ring (bicyclic) bond motifs is 1. The molecule has 3 aromatic heterocycles. The van der Waals surface area contributed by atoms with Crippen LogP contribution in [0.15, 0.2) is 40.9 Å². The quantitative estimate of drug-likeness (QED) is 0.511. The van der Waals surface area contributed by atoms with Gasteiger partial charge in [0, 0.05) is 15.5 Å². The maximum absolute atomic E-state index is 6.29. The molecule has 0 N–H and O–H groups in total. The molecule has 0 bridgehead atoms. The third-order valence-corrected chi connectivity index (χ3v) is 5.77. The molecule has 1 aliphatic rings. The zero-order valence-corrected chi connectivity index (χ0v) is 15.9. The van der Waals surface area contributed by atoms with Crippen LogP contribution >= 0.6 is 22.9 Å². The molecule has 0 amide bonds. The molecule has 7 nitrogen and oxygen atoms in total. The van der Waals surface area contributed by atoms with Gasteiger partial charge in [-0.3, -0.25) is 0 Å². The van der Waals surface area contributed by atoms with E-state index in [1.54, 1.807) is 11.3 Å². The zero-order chi connectivity index (χ0) is 18.4. The number of hydrogen-bond acceptors (Lipinski definition) is 7. The first-order valence-electron chi connectivity index (χ1n) is 8.38. The first-order valence-corrected chi connectivity index (χ1v) is 9.58. The first-order chi connectivity index (χ1) is 13.2. The number of halogens is 1. The summed E-state index contributed by atoms with van der Waals surface area (Å²) in [5, 5.41) is 13.3. The average molecular weight is 400 g/mol. The standard InChI is InChI=1S/C18H14ClN5O2S/c1-10-6-7-15(27-10)18-20-17(22-26-18)16-13-9-25-14(8-24(13)23-21-16)11-4-2-3-5-12(11)19/h2-7,14H,8-9H2,1H3/t14-/m1/s1. The highest BCUT2D eigenvalue weighted by Crippen LogP contribution is 2.34. The van der Waals surface area contributed by atoms with Gasteiger partial charge in [-0.2, -0.15) is 4.98 Å². The number of benzene rings is 1. The largest absolute Gasteiger partial charge is 0.365 e. The number of nitrogens with zero attached hydrogens (tertiary/aromatic N) is 5. The summed E-state index contributed by atoms with van der Waals surface area (Å²) in [5.74, 6) is 0.896. The van der Waals surface area contributed by atoms with Crippen LogP contribution in [0.4, 0.5) is 0 Å². The Kier molecular flexibility index (Phi) is 4.04. The van der Waals surface area contributed by atoms with Crippen molar-refractivity contribution < 1.29 is 9.26 Å². The van der Waals surface area contributed by atoms with Gasteiger partial charge in [0.05, 0.1) is 23.7 Å². The van der Waals surface area contributed by atoms with Crippen molar-refractivity contribution in [3.8, 4) is 22.3 Å². The van der Waals surface area contributed by atoms with Crippen LogP contribution in [0.25, 0.3) is 22.3 Å². The molecule has 1 aromatic carbocycles. The van der Waals surface area contributed by atoms with Crippen molar-refractivity contribution in [1.82, 2.24) is 25.1 Å². The summed E-state index contributed by atoms with van der Waals surface area (Å²) in [6.45, 7) is 2.91. The van der Waals surface area contributed by atoms with Crippen LogP contribution in [0.3, 0.4) is 0 Å². The number of rotatable bonds is 3. The van der Waals surface area contributed by atoms with E-state index in [9.17, 15) is 0 Å². The third kappa shape index (κ3) is 2.95. The minimum Gasteiger partial charge on any atom is -0.365 e. The van der Waals surface area contributed by atoms with E-state index in [0.717, 1.165) is 16.1 Å². The van der Waals surface area contributed by atoms with Crippen LogP contribution in [0.2, 0.25) is 5.02 Å². The van der Waals surface area contributed by atoms with E-state index in [2.05, 4.69) is 20.5 Å². The second-order valence-corrected chi connectivity index (χ2v) is 7.92. The van der Waals surface area contributed by atoms with E-state index in [0.29, 0.717) is 35.6 Å². The summed E-state index contributed by atoms with van der Waals surface area (Å²) in [7, 11) is 0. The normalized spacial score (nSPS) is 16.4. The van der Waals surface area contributed by atoms with E-state index < -0.39 is 0 Å². The van der Waals surface area contributed by atoms with Gasteiger partial charge in [-0.15, -0.1) is 16.4 Å². The van der Waals surface area contributed by atoms with Gasteiger partial charge in [0.15, 0.2) is 5.69 Å². The fourth-order valence-electron chi connectivity index (χ4n) is 3.08. The van der Waals surface area contributed by atoms with Gasteiger partial charge in [0.1, 0.15) is 6.10 Å². The molecular formula is C18H14ClN5O2S. The summed E-state index contributed by atoms with van der Waals surface area (Å²) in [5.41, 5.74) is 2.35. The zero-order valence-electron chi connectivity index (χ0n) is 14.3. The van der Waals surface area contributed by atoms with Crippen molar-refractivity contribution in [1.29, 1.82) is 0 Å². The van der Waals surface area contributed by atoms with Gasteiger partial charge < -0.3 is 9.26 Å².